The minimum absolute atomic E-state index is 0. The summed E-state index contributed by atoms with van der Waals surface area (Å²) in [5.74, 6) is -0.828. The highest BCUT2D eigenvalue weighted by atomic mass is 35.5. The summed E-state index contributed by atoms with van der Waals surface area (Å²) in [6.45, 7) is 4.71. The molecule has 7 heteroatoms. The quantitative estimate of drug-likeness (QED) is 0.847. The van der Waals surface area contributed by atoms with Gasteiger partial charge in [-0.1, -0.05) is 30.3 Å². The zero-order valence-electron chi connectivity index (χ0n) is 12.7. The Bertz CT molecular complexity index is 588. The van der Waals surface area contributed by atoms with Crippen LogP contribution in [0.25, 0.3) is 5.69 Å². The molecular formula is C15H21ClN4O2. The average Bonchev–Trinajstić information content (AvgIpc) is 2.96. The molecule has 120 valence electrons. The van der Waals surface area contributed by atoms with Gasteiger partial charge >= 0.3 is 5.97 Å². The molecule has 1 N–H and O–H groups in total. The number of hydrogen-bond donors (Lipinski definition) is 1. The van der Waals surface area contributed by atoms with Crippen molar-refractivity contribution >= 4 is 18.4 Å². The molecule has 0 aliphatic heterocycles. The van der Waals surface area contributed by atoms with E-state index < -0.39 is 5.97 Å². The lowest BCUT2D eigenvalue weighted by Crippen LogP contribution is -2.33. The molecule has 6 nitrogen and oxygen atoms in total. The Kier molecular flexibility index (Phi) is 7.01. The van der Waals surface area contributed by atoms with Gasteiger partial charge in [-0.3, -0.25) is 9.69 Å². The number of carboxylic acids is 1. The Balaban J connectivity index is 0.00000242. The third kappa shape index (κ3) is 4.54. The molecule has 1 unspecified atom stereocenters. The van der Waals surface area contributed by atoms with Crippen LogP contribution in [0.5, 0.6) is 0 Å². The second-order valence-electron chi connectivity index (χ2n) is 4.96. The molecule has 0 saturated heterocycles. The highest BCUT2D eigenvalue weighted by Gasteiger charge is 2.20. The average molecular weight is 325 g/mol. The second-order valence-corrected chi connectivity index (χ2v) is 4.96. The van der Waals surface area contributed by atoms with Crippen molar-refractivity contribution < 1.29 is 9.90 Å². The van der Waals surface area contributed by atoms with Gasteiger partial charge in [-0.25, -0.2) is 4.68 Å². The summed E-state index contributed by atoms with van der Waals surface area (Å²) in [6.07, 6.45) is 2.74. The Morgan fingerprint density at radius 2 is 2.05 bits per heavy atom. The molecule has 0 bridgehead atoms. The van der Waals surface area contributed by atoms with Crippen LogP contribution in [0.15, 0.2) is 36.5 Å². The van der Waals surface area contributed by atoms with E-state index in [1.165, 1.54) is 0 Å². The van der Waals surface area contributed by atoms with Gasteiger partial charge in [-0.15, -0.1) is 17.5 Å². The fraction of sp³-hybridized carbons (Fsp3) is 0.400. The third-order valence-electron chi connectivity index (χ3n) is 3.36. The van der Waals surface area contributed by atoms with Crippen molar-refractivity contribution in [2.45, 2.75) is 26.3 Å². The van der Waals surface area contributed by atoms with Crippen molar-refractivity contribution in [2.24, 2.45) is 0 Å². The normalized spacial score (nSPS) is 12.0. The van der Waals surface area contributed by atoms with Crippen LogP contribution < -0.4 is 0 Å². The summed E-state index contributed by atoms with van der Waals surface area (Å²) in [5, 5.41) is 17.3. The van der Waals surface area contributed by atoms with E-state index in [2.05, 4.69) is 10.3 Å². The van der Waals surface area contributed by atoms with Crippen molar-refractivity contribution in [3.05, 3.63) is 42.2 Å². The first-order valence-corrected chi connectivity index (χ1v) is 7.05. The van der Waals surface area contributed by atoms with E-state index in [4.69, 9.17) is 5.11 Å². The van der Waals surface area contributed by atoms with Crippen molar-refractivity contribution in [3.63, 3.8) is 0 Å². The van der Waals surface area contributed by atoms with Crippen LogP contribution in [0.3, 0.4) is 0 Å². The monoisotopic (exact) mass is 324 g/mol. The molecule has 1 aromatic heterocycles. The third-order valence-corrected chi connectivity index (χ3v) is 3.36. The summed E-state index contributed by atoms with van der Waals surface area (Å²) >= 11 is 0. The van der Waals surface area contributed by atoms with Gasteiger partial charge in [0.05, 0.1) is 24.5 Å². The Morgan fingerprint density at radius 1 is 1.36 bits per heavy atom. The number of rotatable bonds is 7. The molecule has 1 heterocycles. The number of carboxylic acid groups (broad SMARTS) is 1. The lowest BCUT2D eigenvalue weighted by molar-refractivity contribution is -0.138. The minimum atomic E-state index is -0.828. The largest absolute Gasteiger partial charge is 0.480 e. The van der Waals surface area contributed by atoms with Crippen molar-refractivity contribution in [3.8, 4) is 5.69 Å². The summed E-state index contributed by atoms with van der Waals surface area (Å²) in [6, 6.07) is 9.63. The van der Waals surface area contributed by atoms with Crippen molar-refractivity contribution in [1.82, 2.24) is 19.9 Å². The molecule has 0 radical (unpaired) electrons. The molecule has 0 fully saturated rings. The topological polar surface area (TPSA) is 71.2 Å². The summed E-state index contributed by atoms with van der Waals surface area (Å²) < 4.78 is 1.71. The maximum atomic E-state index is 11.0. The van der Waals surface area contributed by atoms with Gasteiger partial charge < -0.3 is 5.11 Å². The summed E-state index contributed by atoms with van der Waals surface area (Å²) in [4.78, 5) is 12.9. The first-order chi connectivity index (χ1) is 10.1. The Labute approximate surface area is 136 Å². The lowest BCUT2D eigenvalue weighted by atomic mass is 10.2. The molecule has 0 aliphatic carbocycles. The van der Waals surface area contributed by atoms with E-state index in [0.29, 0.717) is 6.54 Å². The van der Waals surface area contributed by atoms with E-state index in [1.54, 1.807) is 4.68 Å². The molecule has 1 aromatic carbocycles. The first-order valence-electron chi connectivity index (χ1n) is 7.05. The van der Waals surface area contributed by atoms with Crippen LogP contribution in [0.1, 0.15) is 32.0 Å². The van der Waals surface area contributed by atoms with Gasteiger partial charge in [-0.05, 0) is 32.0 Å². The van der Waals surface area contributed by atoms with Gasteiger partial charge in [0, 0.05) is 0 Å². The number of halogens is 1. The molecule has 0 aliphatic rings. The van der Waals surface area contributed by atoms with Gasteiger partial charge in [-0.2, -0.15) is 0 Å². The number of hydrogen-bond acceptors (Lipinski definition) is 4. The van der Waals surface area contributed by atoms with Gasteiger partial charge in [0.25, 0.3) is 0 Å². The number of aliphatic carboxylic acids is 1. The zero-order valence-corrected chi connectivity index (χ0v) is 13.5. The molecule has 1 atom stereocenters. The van der Waals surface area contributed by atoms with Crippen molar-refractivity contribution in [1.29, 1.82) is 0 Å². The fourth-order valence-corrected chi connectivity index (χ4v) is 2.23. The number of nitrogens with zero attached hydrogens (tertiary/aromatic N) is 4. The Hall–Kier alpha value is -1.92. The predicted octanol–water partition coefficient (Wildman–Crippen LogP) is 2.55. The standard InChI is InChI=1S/C15H20N4O2.ClH/c1-3-9-18(11-15(20)21)12(2)14-10-19(17-16-14)13-7-5-4-6-8-13;/h4-8,10,12H,3,9,11H2,1-2H3,(H,20,21);1H. The predicted molar refractivity (Wildman–Crippen MR) is 86.5 cm³/mol. The van der Waals surface area contributed by atoms with E-state index >= 15 is 0 Å². The van der Waals surface area contributed by atoms with Gasteiger partial charge in [0.15, 0.2) is 0 Å². The maximum absolute atomic E-state index is 11.0. The summed E-state index contributed by atoms with van der Waals surface area (Å²) in [5.41, 5.74) is 1.71. The second kappa shape index (κ2) is 8.51. The van der Waals surface area contributed by atoms with Gasteiger partial charge in [0.2, 0.25) is 0 Å². The molecule has 0 amide bonds. The zero-order chi connectivity index (χ0) is 15.2. The fourth-order valence-electron chi connectivity index (χ4n) is 2.23. The number of para-hydroxylation sites is 1. The van der Waals surface area contributed by atoms with Crippen LogP contribution in [0, 0.1) is 0 Å². The smallest absolute Gasteiger partial charge is 0.317 e. The Morgan fingerprint density at radius 3 is 2.64 bits per heavy atom. The van der Waals surface area contributed by atoms with E-state index in [1.807, 2.05) is 55.3 Å². The molecule has 0 spiro atoms. The first kappa shape index (κ1) is 18.1. The van der Waals surface area contributed by atoms with Crippen LogP contribution in [0.4, 0.5) is 0 Å². The number of aromatic nitrogens is 3. The van der Waals surface area contributed by atoms with E-state index in [-0.39, 0.29) is 25.0 Å². The van der Waals surface area contributed by atoms with Crippen LogP contribution in [-0.4, -0.2) is 44.1 Å². The molecule has 2 rings (SSSR count). The molecule has 0 saturated carbocycles. The van der Waals surface area contributed by atoms with Crippen molar-refractivity contribution in [2.75, 3.05) is 13.1 Å². The number of carbonyl (C=O) groups is 1. The maximum Gasteiger partial charge on any atom is 0.317 e. The summed E-state index contributed by atoms with van der Waals surface area (Å²) in [7, 11) is 0. The molecule has 2 aromatic rings. The van der Waals surface area contributed by atoms with Gasteiger partial charge in [0.1, 0.15) is 5.69 Å². The van der Waals surface area contributed by atoms with E-state index in [0.717, 1.165) is 17.8 Å². The lowest BCUT2D eigenvalue weighted by Gasteiger charge is -2.25. The van der Waals surface area contributed by atoms with Crippen LogP contribution in [-0.2, 0) is 4.79 Å². The highest BCUT2D eigenvalue weighted by Crippen LogP contribution is 2.18. The van der Waals surface area contributed by atoms with Crippen LogP contribution >= 0.6 is 12.4 Å². The van der Waals surface area contributed by atoms with E-state index in [9.17, 15) is 4.79 Å². The van der Waals surface area contributed by atoms with Crippen LogP contribution in [0.2, 0.25) is 0 Å². The highest BCUT2D eigenvalue weighted by molar-refractivity contribution is 5.85. The SMILES string of the molecule is CCCN(CC(=O)O)C(C)c1cn(-c2ccccc2)nn1.Cl. The molecule has 22 heavy (non-hydrogen) atoms. The molecular weight excluding hydrogens is 304 g/mol. The number of benzene rings is 1. The minimum Gasteiger partial charge on any atom is -0.480 e.